The summed E-state index contributed by atoms with van der Waals surface area (Å²) >= 11 is 0. The van der Waals surface area contributed by atoms with E-state index in [0.717, 1.165) is 13.0 Å². The maximum atomic E-state index is 11.6. The molecule has 0 rings (SSSR count). The van der Waals surface area contributed by atoms with Crippen LogP contribution >= 0.6 is 0 Å². The van der Waals surface area contributed by atoms with Crippen molar-refractivity contribution in [3.63, 3.8) is 0 Å². The Bertz CT molecular complexity index is 101. The largest absolute Gasteiger partial charge is 0.662 e. The Morgan fingerprint density at radius 2 is 1.75 bits per heavy atom. The van der Waals surface area contributed by atoms with Gasteiger partial charge >= 0.3 is 6.18 Å². The molecule has 0 radical (unpaired) electrons. The number of unbranched alkanes of at least 4 members (excludes halogenated alkanes) is 1. The van der Waals surface area contributed by atoms with Crippen LogP contribution in [0, 0.1) is 0 Å². The molecule has 0 heterocycles. The predicted octanol–water partition coefficient (Wildman–Crippen LogP) is 3.50. The zero-order valence-electron chi connectivity index (χ0n) is 7.32. The van der Waals surface area contributed by atoms with Gasteiger partial charge in [-0.1, -0.05) is 19.8 Å². The molecule has 0 bridgehead atoms. The Hall–Kier alpha value is -0.250. The third-order valence-electron chi connectivity index (χ3n) is 1.41. The van der Waals surface area contributed by atoms with Gasteiger partial charge in [-0.3, -0.25) is 0 Å². The van der Waals surface area contributed by atoms with E-state index in [1.807, 2.05) is 6.92 Å². The van der Waals surface area contributed by atoms with Crippen LogP contribution in [0.15, 0.2) is 0 Å². The van der Waals surface area contributed by atoms with E-state index >= 15 is 0 Å². The summed E-state index contributed by atoms with van der Waals surface area (Å²) in [5.74, 6) is 0. The minimum atomic E-state index is -4.00. The second-order valence-electron chi connectivity index (χ2n) is 2.74. The highest BCUT2D eigenvalue weighted by atomic mass is 19.4. The molecule has 0 spiro atoms. The SMILES string of the molecule is CCC[N-]CCCCC(F)(F)F. The summed E-state index contributed by atoms with van der Waals surface area (Å²) in [6.07, 6.45) is -2.94. The van der Waals surface area contributed by atoms with Crippen molar-refractivity contribution in [1.29, 1.82) is 0 Å². The average Bonchev–Trinajstić information content (AvgIpc) is 1.94. The van der Waals surface area contributed by atoms with E-state index in [4.69, 9.17) is 0 Å². The molecule has 0 aliphatic rings. The quantitative estimate of drug-likeness (QED) is 0.558. The molecule has 12 heavy (non-hydrogen) atoms. The minimum Gasteiger partial charge on any atom is -0.662 e. The first kappa shape index (κ1) is 11.8. The molecule has 74 valence electrons. The van der Waals surface area contributed by atoms with Gasteiger partial charge in [0.2, 0.25) is 0 Å². The van der Waals surface area contributed by atoms with Crippen LogP contribution in [0.25, 0.3) is 5.32 Å². The van der Waals surface area contributed by atoms with Crippen LogP contribution in [0.3, 0.4) is 0 Å². The van der Waals surface area contributed by atoms with Crippen LogP contribution in [0.2, 0.25) is 0 Å². The van der Waals surface area contributed by atoms with Crippen molar-refractivity contribution in [2.45, 2.75) is 38.8 Å². The van der Waals surface area contributed by atoms with E-state index in [1.165, 1.54) is 0 Å². The van der Waals surface area contributed by atoms with Crippen LogP contribution in [0.4, 0.5) is 13.2 Å². The molecule has 0 aliphatic carbocycles. The van der Waals surface area contributed by atoms with Gasteiger partial charge in [0.05, 0.1) is 0 Å². The van der Waals surface area contributed by atoms with Gasteiger partial charge in [-0.2, -0.15) is 13.2 Å². The number of alkyl halides is 3. The Balaban J connectivity index is 3.01. The first-order chi connectivity index (χ1) is 5.56. The molecule has 4 heteroatoms. The van der Waals surface area contributed by atoms with E-state index in [9.17, 15) is 13.2 Å². The van der Waals surface area contributed by atoms with Gasteiger partial charge in [0.15, 0.2) is 0 Å². The molecule has 0 fully saturated rings. The lowest BCUT2D eigenvalue weighted by Gasteiger charge is -2.16. The molecule has 0 aromatic carbocycles. The highest BCUT2D eigenvalue weighted by molar-refractivity contribution is 4.77. The van der Waals surface area contributed by atoms with Crippen molar-refractivity contribution in [3.8, 4) is 0 Å². The number of hydrogen-bond acceptors (Lipinski definition) is 0. The fourth-order valence-corrected chi connectivity index (χ4v) is 0.819. The van der Waals surface area contributed by atoms with Crippen molar-refractivity contribution in [2.24, 2.45) is 0 Å². The lowest BCUT2D eigenvalue weighted by atomic mass is 10.2. The fourth-order valence-electron chi connectivity index (χ4n) is 0.819. The standard InChI is InChI=1S/C8H15F3N/c1-2-6-12-7-4-3-5-8(9,10)11/h2-7H2,1H3/q-1. The molecule has 0 aliphatic heterocycles. The summed E-state index contributed by atoms with van der Waals surface area (Å²) in [6, 6.07) is 0. The predicted molar refractivity (Wildman–Crippen MR) is 43.3 cm³/mol. The summed E-state index contributed by atoms with van der Waals surface area (Å²) in [6.45, 7) is 3.34. The summed E-state index contributed by atoms with van der Waals surface area (Å²) < 4.78 is 34.8. The maximum absolute atomic E-state index is 11.6. The number of nitrogens with zero attached hydrogens (tertiary/aromatic N) is 1. The smallest absolute Gasteiger partial charge is 0.389 e. The Morgan fingerprint density at radius 3 is 2.25 bits per heavy atom. The van der Waals surface area contributed by atoms with Gasteiger partial charge in [0.25, 0.3) is 0 Å². The molecule has 0 atom stereocenters. The molecule has 0 amide bonds. The summed E-state index contributed by atoms with van der Waals surface area (Å²) in [4.78, 5) is 0. The van der Waals surface area contributed by atoms with Gasteiger partial charge in [-0.25, -0.2) is 0 Å². The minimum absolute atomic E-state index is 0.205. The zero-order chi connectivity index (χ0) is 9.45. The Labute approximate surface area is 71.3 Å². The third-order valence-corrected chi connectivity index (χ3v) is 1.41. The molecule has 0 unspecified atom stereocenters. The van der Waals surface area contributed by atoms with E-state index in [1.54, 1.807) is 0 Å². The lowest BCUT2D eigenvalue weighted by molar-refractivity contribution is -0.135. The van der Waals surface area contributed by atoms with Gasteiger partial charge in [0.1, 0.15) is 0 Å². The Kier molecular flexibility index (Phi) is 6.16. The van der Waals surface area contributed by atoms with Crippen molar-refractivity contribution >= 4 is 0 Å². The summed E-state index contributed by atoms with van der Waals surface area (Å²) in [5, 5.41) is 4.04. The molecule has 0 aromatic rings. The summed E-state index contributed by atoms with van der Waals surface area (Å²) in [7, 11) is 0. The van der Waals surface area contributed by atoms with Gasteiger partial charge in [-0.05, 0) is 6.42 Å². The fraction of sp³-hybridized carbons (Fsp3) is 1.00. The summed E-state index contributed by atoms with van der Waals surface area (Å²) in [5.41, 5.74) is 0. The molecule has 1 nitrogen and oxygen atoms in total. The van der Waals surface area contributed by atoms with Crippen LogP contribution in [0.1, 0.15) is 32.6 Å². The highest BCUT2D eigenvalue weighted by Crippen LogP contribution is 2.22. The zero-order valence-corrected chi connectivity index (χ0v) is 7.32. The molecular formula is C8H15F3N-. The van der Waals surface area contributed by atoms with E-state index < -0.39 is 12.6 Å². The average molecular weight is 182 g/mol. The van der Waals surface area contributed by atoms with Gasteiger partial charge in [0, 0.05) is 6.42 Å². The normalized spacial score (nSPS) is 12.0. The van der Waals surface area contributed by atoms with Crippen LogP contribution in [0.5, 0.6) is 0 Å². The van der Waals surface area contributed by atoms with Crippen molar-refractivity contribution in [3.05, 3.63) is 5.32 Å². The van der Waals surface area contributed by atoms with Crippen LogP contribution in [-0.2, 0) is 0 Å². The number of halogens is 3. The monoisotopic (exact) mass is 182 g/mol. The number of hydrogen-bond donors (Lipinski definition) is 0. The number of rotatable bonds is 6. The maximum Gasteiger partial charge on any atom is 0.389 e. The molecular weight excluding hydrogens is 167 g/mol. The first-order valence-electron chi connectivity index (χ1n) is 4.26. The first-order valence-corrected chi connectivity index (χ1v) is 4.26. The second-order valence-corrected chi connectivity index (χ2v) is 2.74. The third kappa shape index (κ3) is 9.75. The Morgan fingerprint density at radius 1 is 1.08 bits per heavy atom. The van der Waals surface area contributed by atoms with Crippen molar-refractivity contribution in [2.75, 3.05) is 13.1 Å². The molecule has 0 N–H and O–H groups in total. The molecule has 0 saturated heterocycles. The van der Waals surface area contributed by atoms with E-state index in [2.05, 4.69) is 5.32 Å². The van der Waals surface area contributed by atoms with E-state index in [0.29, 0.717) is 13.0 Å². The van der Waals surface area contributed by atoms with Crippen LogP contribution < -0.4 is 0 Å². The second kappa shape index (κ2) is 6.29. The highest BCUT2D eigenvalue weighted by Gasteiger charge is 2.25. The van der Waals surface area contributed by atoms with E-state index in [-0.39, 0.29) is 6.42 Å². The van der Waals surface area contributed by atoms with Gasteiger partial charge < -0.3 is 5.32 Å². The molecule has 0 aromatic heterocycles. The topological polar surface area (TPSA) is 14.1 Å². The molecule has 0 saturated carbocycles. The van der Waals surface area contributed by atoms with Crippen LogP contribution in [-0.4, -0.2) is 19.3 Å². The van der Waals surface area contributed by atoms with Crippen molar-refractivity contribution < 1.29 is 13.2 Å². The lowest BCUT2D eigenvalue weighted by Crippen LogP contribution is -2.06. The van der Waals surface area contributed by atoms with Crippen molar-refractivity contribution in [1.82, 2.24) is 0 Å². The van der Waals surface area contributed by atoms with Gasteiger partial charge in [-0.15, -0.1) is 13.1 Å².